The molecule has 0 saturated heterocycles. The van der Waals surface area contributed by atoms with Gasteiger partial charge in [0, 0.05) is 13.0 Å². The molecule has 0 saturated carbocycles. The number of Topliss-reactive ketones (excluding diaryl/α,β-unsaturated/α-hetero) is 1. The van der Waals surface area contributed by atoms with Gasteiger partial charge in [0.05, 0.1) is 6.21 Å². The molecule has 0 rings (SSSR count). The first kappa shape index (κ1) is 10.6. The average Bonchev–Trinajstić information content (AvgIpc) is 2.03. The first-order valence-electron chi connectivity index (χ1n) is 3.75. The molecule has 0 aromatic heterocycles. The molecule has 0 unspecified atom stereocenters. The third-order valence-electron chi connectivity index (χ3n) is 1.29. The molecule has 0 fully saturated rings. The van der Waals surface area contributed by atoms with Crippen LogP contribution in [0.1, 0.15) is 19.3 Å². The summed E-state index contributed by atoms with van der Waals surface area (Å²) in [5, 5.41) is 6.62. The van der Waals surface area contributed by atoms with Crippen molar-refractivity contribution < 1.29 is 4.79 Å². The van der Waals surface area contributed by atoms with Crippen LogP contribution in [0.2, 0.25) is 0 Å². The highest BCUT2D eigenvalue weighted by Crippen LogP contribution is 1.95. The van der Waals surface area contributed by atoms with Gasteiger partial charge in [0.2, 0.25) is 0 Å². The number of guanidine groups is 1. The van der Waals surface area contributed by atoms with Gasteiger partial charge in [-0.05, 0) is 12.8 Å². The van der Waals surface area contributed by atoms with E-state index in [1.54, 1.807) is 0 Å². The van der Waals surface area contributed by atoms with E-state index in [9.17, 15) is 4.79 Å². The molecule has 0 radical (unpaired) electrons. The van der Waals surface area contributed by atoms with Crippen LogP contribution in [0, 0.1) is 5.41 Å². The van der Waals surface area contributed by atoms with E-state index in [1.165, 1.54) is 0 Å². The molecular formula is C7H14N4O. The molecule has 0 spiro atoms. The Morgan fingerprint density at radius 3 is 2.58 bits per heavy atom. The Morgan fingerprint density at radius 2 is 2.08 bits per heavy atom. The number of unbranched alkanes of at least 4 members (excludes halogenated alkanes) is 1. The Kier molecular flexibility index (Phi) is 5.60. The Bertz CT molecular complexity index is 184. The zero-order valence-corrected chi connectivity index (χ0v) is 6.92. The number of rotatable bonds is 6. The van der Waals surface area contributed by atoms with Gasteiger partial charge in [-0.3, -0.25) is 9.79 Å². The second-order valence-electron chi connectivity index (χ2n) is 2.37. The fraction of sp³-hybridized carbons (Fsp3) is 0.571. The standard InChI is InChI=1S/C7H14N4O/c8-5-6(12)3-1-2-4-11-7(9)10/h5,8H,1-4H2,(H4,9,10,11). The van der Waals surface area contributed by atoms with E-state index in [2.05, 4.69) is 4.99 Å². The predicted molar refractivity (Wildman–Crippen MR) is 48.3 cm³/mol. The summed E-state index contributed by atoms with van der Waals surface area (Å²) < 4.78 is 0. The number of ketones is 1. The highest BCUT2D eigenvalue weighted by atomic mass is 16.1. The molecule has 0 atom stereocenters. The van der Waals surface area contributed by atoms with Gasteiger partial charge >= 0.3 is 0 Å². The second kappa shape index (κ2) is 6.33. The zero-order chi connectivity index (χ0) is 9.40. The van der Waals surface area contributed by atoms with E-state index in [-0.39, 0.29) is 11.7 Å². The SMILES string of the molecule is N=CC(=O)CCCCN=C(N)N. The van der Waals surface area contributed by atoms with Crippen molar-refractivity contribution in [1.82, 2.24) is 0 Å². The summed E-state index contributed by atoms with van der Waals surface area (Å²) in [5.41, 5.74) is 10.2. The van der Waals surface area contributed by atoms with Crippen molar-refractivity contribution >= 4 is 18.0 Å². The zero-order valence-electron chi connectivity index (χ0n) is 6.92. The molecule has 12 heavy (non-hydrogen) atoms. The van der Waals surface area contributed by atoms with Gasteiger partial charge in [0.15, 0.2) is 11.7 Å². The maximum absolute atomic E-state index is 10.6. The summed E-state index contributed by atoms with van der Waals surface area (Å²) >= 11 is 0. The maximum Gasteiger partial charge on any atom is 0.185 e. The number of carbonyl (C=O) groups excluding carboxylic acids is 1. The van der Waals surface area contributed by atoms with Crippen molar-refractivity contribution in [2.75, 3.05) is 6.54 Å². The van der Waals surface area contributed by atoms with Gasteiger partial charge in [-0.25, -0.2) is 0 Å². The predicted octanol–water partition coefficient (Wildman–Crippen LogP) is -0.351. The molecule has 0 aromatic carbocycles. The van der Waals surface area contributed by atoms with E-state index in [0.29, 0.717) is 13.0 Å². The number of nitrogens with one attached hydrogen (secondary N) is 1. The molecular weight excluding hydrogens is 156 g/mol. The fourth-order valence-corrected chi connectivity index (χ4v) is 0.691. The molecule has 0 aliphatic rings. The van der Waals surface area contributed by atoms with Crippen LogP contribution in [0.4, 0.5) is 0 Å². The van der Waals surface area contributed by atoms with Crippen molar-refractivity contribution in [2.45, 2.75) is 19.3 Å². The Hall–Kier alpha value is -1.39. The van der Waals surface area contributed by atoms with Gasteiger partial charge in [0.1, 0.15) is 0 Å². The van der Waals surface area contributed by atoms with Crippen LogP contribution in [0.3, 0.4) is 0 Å². The molecule has 68 valence electrons. The van der Waals surface area contributed by atoms with Crippen molar-refractivity contribution in [1.29, 1.82) is 5.41 Å². The molecule has 0 heterocycles. The van der Waals surface area contributed by atoms with Gasteiger partial charge in [-0.15, -0.1) is 0 Å². The Labute approximate surface area is 71.4 Å². The Balaban J connectivity index is 3.28. The third kappa shape index (κ3) is 6.73. The van der Waals surface area contributed by atoms with Gasteiger partial charge in [-0.1, -0.05) is 0 Å². The summed E-state index contributed by atoms with van der Waals surface area (Å²) in [7, 11) is 0. The van der Waals surface area contributed by atoms with Crippen molar-refractivity contribution in [3.63, 3.8) is 0 Å². The summed E-state index contributed by atoms with van der Waals surface area (Å²) in [6.45, 7) is 0.549. The fourth-order valence-electron chi connectivity index (χ4n) is 0.691. The van der Waals surface area contributed by atoms with Crippen LogP contribution in [-0.2, 0) is 4.79 Å². The quantitative estimate of drug-likeness (QED) is 0.288. The summed E-state index contributed by atoms with van der Waals surface area (Å²) in [6.07, 6.45) is 2.74. The van der Waals surface area contributed by atoms with Crippen LogP contribution >= 0.6 is 0 Å². The minimum Gasteiger partial charge on any atom is -0.370 e. The molecule has 0 amide bonds. The number of nitrogens with two attached hydrogens (primary N) is 2. The number of hydrogen-bond acceptors (Lipinski definition) is 3. The minimum atomic E-state index is -0.153. The van der Waals surface area contributed by atoms with Gasteiger partial charge in [-0.2, -0.15) is 0 Å². The topological polar surface area (TPSA) is 105 Å². The molecule has 0 bridgehead atoms. The number of nitrogens with zero attached hydrogens (tertiary/aromatic N) is 1. The second-order valence-corrected chi connectivity index (χ2v) is 2.37. The van der Waals surface area contributed by atoms with Crippen LogP contribution in [0.5, 0.6) is 0 Å². The summed E-state index contributed by atoms with van der Waals surface area (Å²) in [5.74, 6) is -0.0759. The van der Waals surface area contributed by atoms with Crippen molar-refractivity contribution in [3.05, 3.63) is 0 Å². The van der Waals surface area contributed by atoms with Crippen LogP contribution < -0.4 is 11.5 Å². The lowest BCUT2D eigenvalue weighted by Crippen LogP contribution is -2.22. The number of carbonyl (C=O) groups is 1. The summed E-state index contributed by atoms with van der Waals surface area (Å²) in [4.78, 5) is 14.3. The monoisotopic (exact) mass is 170 g/mol. The van der Waals surface area contributed by atoms with E-state index in [0.717, 1.165) is 19.1 Å². The molecule has 0 aromatic rings. The molecule has 5 heteroatoms. The van der Waals surface area contributed by atoms with Crippen molar-refractivity contribution in [3.8, 4) is 0 Å². The van der Waals surface area contributed by atoms with E-state index in [1.807, 2.05) is 0 Å². The van der Waals surface area contributed by atoms with Crippen LogP contribution in [0.25, 0.3) is 0 Å². The lowest BCUT2D eigenvalue weighted by Gasteiger charge is -1.94. The highest BCUT2D eigenvalue weighted by molar-refractivity contribution is 6.26. The van der Waals surface area contributed by atoms with E-state index < -0.39 is 0 Å². The number of aliphatic imine (C=N–C) groups is 1. The smallest absolute Gasteiger partial charge is 0.185 e. The lowest BCUT2D eigenvalue weighted by atomic mass is 10.2. The first-order valence-corrected chi connectivity index (χ1v) is 3.75. The molecule has 5 N–H and O–H groups in total. The van der Waals surface area contributed by atoms with Crippen molar-refractivity contribution in [2.24, 2.45) is 16.5 Å². The number of hydrogen-bond donors (Lipinski definition) is 3. The van der Waals surface area contributed by atoms with Gasteiger partial charge in [0.25, 0.3) is 0 Å². The first-order chi connectivity index (χ1) is 5.66. The largest absolute Gasteiger partial charge is 0.370 e. The minimum absolute atomic E-state index is 0.0772. The average molecular weight is 170 g/mol. The van der Waals surface area contributed by atoms with E-state index in [4.69, 9.17) is 16.9 Å². The lowest BCUT2D eigenvalue weighted by molar-refractivity contribution is -0.112. The van der Waals surface area contributed by atoms with Crippen LogP contribution in [-0.4, -0.2) is 24.5 Å². The highest BCUT2D eigenvalue weighted by Gasteiger charge is 1.95. The normalized spacial score (nSPS) is 9.00. The molecule has 0 aliphatic carbocycles. The van der Waals surface area contributed by atoms with Crippen LogP contribution in [0.15, 0.2) is 4.99 Å². The third-order valence-corrected chi connectivity index (χ3v) is 1.29. The summed E-state index contributed by atoms with van der Waals surface area (Å²) in [6, 6.07) is 0. The van der Waals surface area contributed by atoms with Gasteiger partial charge < -0.3 is 16.9 Å². The van der Waals surface area contributed by atoms with E-state index >= 15 is 0 Å². The maximum atomic E-state index is 10.6. The molecule has 5 nitrogen and oxygen atoms in total. The molecule has 0 aliphatic heterocycles. The Morgan fingerprint density at radius 1 is 1.42 bits per heavy atom.